The third kappa shape index (κ3) is 2.06. The second-order valence-corrected chi connectivity index (χ2v) is 5.92. The van der Waals surface area contributed by atoms with E-state index in [9.17, 15) is 4.79 Å². The molecule has 3 heterocycles. The normalized spacial score (nSPS) is 11.1. The summed E-state index contributed by atoms with van der Waals surface area (Å²) in [6, 6.07) is 4.04. The molecule has 3 aromatic rings. The number of aryl methyl sites for hydroxylation is 1. The Labute approximate surface area is 118 Å². The van der Waals surface area contributed by atoms with E-state index in [1.54, 1.807) is 18.3 Å². The first kappa shape index (κ1) is 12.4. The molecule has 0 radical (unpaired) electrons. The summed E-state index contributed by atoms with van der Waals surface area (Å²) in [5.74, 6) is -0.270. The van der Waals surface area contributed by atoms with E-state index in [-0.39, 0.29) is 5.97 Å². The topological polar surface area (TPSA) is 43.6 Å². The Morgan fingerprint density at radius 3 is 3.00 bits per heavy atom. The maximum atomic E-state index is 11.8. The molecule has 3 rings (SSSR count). The number of nitrogens with zero attached hydrogens (tertiary/aromatic N) is 2. The smallest absolute Gasteiger partial charge is 0.350 e. The van der Waals surface area contributed by atoms with Crippen molar-refractivity contribution in [3.05, 3.63) is 34.3 Å². The first-order valence-corrected chi connectivity index (χ1v) is 7.59. The van der Waals surface area contributed by atoms with Gasteiger partial charge in [-0.05, 0) is 25.3 Å². The third-order valence-electron chi connectivity index (χ3n) is 2.79. The van der Waals surface area contributed by atoms with Crippen LogP contribution in [0.5, 0.6) is 0 Å². The van der Waals surface area contributed by atoms with Crippen LogP contribution in [0.25, 0.3) is 15.5 Å². The molecule has 0 bridgehead atoms. The number of esters is 1. The van der Waals surface area contributed by atoms with Crippen molar-refractivity contribution in [3.63, 3.8) is 0 Å². The van der Waals surface area contributed by atoms with Gasteiger partial charge >= 0.3 is 5.97 Å². The number of imidazole rings is 1. The highest BCUT2D eigenvalue weighted by Gasteiger charge is 2.18. The van der Waals surface area contributed by atoms with Crippen molar-refractivity contribution >= 4 is 33.6 Å². The summed E-state index contributed by atoms with van der Waals surface area (Å²) < 4.78 is 6.99. The SMILES string of the molecule is CCOC(=O)c1sc2nc(-c3cccs3)cn2c1C. The van der Waals surface area contributed by atoms with Crippen molar-refractivity contribution in [1.82, 2.24) is 9.38 Å². The Kier molecular flexibility index (Phi) is 3.12. The van der Waals surface area contributed by atoms with Gasteiger partial charge in [0.2, 0.25) is 0 Å². The van der Waals surface area contributed by atoms with Crippen LogP contribution in [0, 0.1) is 6.92 Å². The van der Waals surface area contributed by atoms with Crippen LogP contribution in [0.3, 0.4) is 0 Å². The molecule has 0 saturated carbocycles. The number of ether oxygens (including phenoxy) is 1. The van der Waals surface area contributed by atoms with E-state index < -0.39 is 0 Å². The summed E-state index contributed by atoms with van der Waals surface area (Å²) in [5, 5.41) is 2.03. The highest BCUT2D eigenvalue weighted by Crippen LogP contribution is 2.29. The predicted molar refractivity (Wildman–Crippen MR) is 77.1 cm³/mol. The van der Waals surface area contributed by atoms with Crippen LogP contribution in [-0.4, -0.2) is 22.0 Å². The molecular weight excluding hydrogens is 280 g/mol. The maximum Gasteiger partial charge on any atom is 0.350 e. The van der Waals surface area contributed by atoms with E-state index in [0.29, 0.717) is 11.5 Å². The first-order chi connectivity index (χ1) is 9.20. The van der Waals surface area contributed by atoms with Crippen LogP contribution >= 0.6 is 22.7 Å². The number of fused-ring (bicyclic) bond motifs is 1. The summed E-state index contributed by atoms with van der Waals surface area (Å²) in [5.41, 5.74) is 1.83. The Morgan fingerprint density at radius 1 is 1.53 bits per heavy atom. The molecule has 0 atom stereocenters. The highest BCUT2D eigenvalue weighted by atomic mass is 32.1. The zero-order chi connectivity index (χ0) is 13.4. The van der Waals surface area contributed by atoms with Crippen molar-refractivity contribution in [2.75, 3.05) is 6.61 Å². The van der Waals surface area contributed by atoms with Crippen molar-refractivity contribution in [2.24, 2.45) is 0 Å². The van der Waals surface area contributed by atoms with E-state index in [1.165, 1.54) is 11.3 Å². The quantitative estimate of drug-likeness (QED) is 0.693. The molecule has 0 aliphatic rings. The number of thiazole rings is 1. The number of rotatable bonds is 3. The minimum atomic E-state index is -0.270. The van der Waals surface area contributed by atoms with E-state index in [0.717, 1.165) is 21.2 Å². The zero-order valence-corrected chi connectivity index (χ0v) is 12.2. The monoisotopic (exact) mass is 292 g/mol. The molecule has 3 aromatic heterocycles. The van der Waals surface area contributed by atoms with E-state index >= 15 is 0 Å². The summed E-state index contributed by atoms with van der Waals surface area (Å²) in [6.45, 7) is 4.11. The van der Waals surface area contributed by atoms with Crippen LogP contribution < -0.4 is 0 Å². The fraction of sp³-hybridized carbons (Fsp3) is 0.231. The van der Waals surface area contributed by atoms with Crippen LogP contribution in [0.4, 0.5) is 0 Å². The first-order valence-electron chi connectivity index (χ1n) is 5.90. The minimum Gasteiger partial charge on any atom is -0.462 e. The van der Waals surface area contributed by atoms with Gasteiger partial charge < -0.3 is 4.74 Å². The Balaban J connectivity index is 2.05. The molecule has 0 saturated heterocycles. The molecule has 0 unspecified atom stereocenters. The molecule has 0 spiro atoms. The standard InChI is InChI=1S/C13H12N2O2S2/c1-3-17-12(16)11-8(2)15-7-9(14-13(15)19-11)10-5-4-6-18-10/h4-7H,3H2,1-2H3. The fourth-order valence-corrected chi connectivity index (χ4v) is 3.56. The Hall–Kier alpha value is -1.66. The molecule has 98 valence electrons. The largest absolute Gasteiger partial charge is 0.462 e. The molecule has 0 aliphatic heterocycles. The van der Waals surface area contributed by atoms with Gasteiger partial charge in [0.15, 0.2) is 4.96 Å². The van der Waals surface area contributed by atoms with Gasteiger partial charge in [-0.25, -0.2) is 9.78 Å². The summed E-state index contributed by atoms with van der Waals surface area (Å²) in [4.78, 5) is 18.9. The van der Waals surface area contributed by atoms with Gasteiger partial charge in [0.25, 0.3) is 0 Å². The fourth-order valence-electron chi connectivity index (χ4n) is 1.88. The molecule has 0 aromatic carbocycles. The average Bonchev–Trinajstić information content (AvgIpc) is 3.06. The van der Waals surface area contributed by atoms with Gasteiger partial charge in [0, 0.05) is 11.9 Å². The second kappa shape index (κ2) is 4.79. The number of carbonyl (C=O) groups is 1. The molecular formula is C13H12N2O2S2. The molecule has 4 nitrogen and oxygen atoms in total. The lowest BCUT2D eigenvalue weighted by molar-refractivity contribution is 0.0531. The Bertz CT molecular complexity index is 725. The van der Waals surface area contributed by atoms with Crippen molar-refractivity contribution in [3.8, 4) is 10.6 Å². The lowest BCUT2D eigenvalue weighted by Gasteiger charge is -1.99. The number of aromatic nitrogens is 2. The molecule has 0 N–H and O–H groups in total. The summed E-state index contributed by atoms with van der Waals surface area (Å²) in [7, 11) is 0. The van der Waals surface area contributed by atoms with Crippen LogP contribution in [0.2, 0.25) is 0 Å². The second-order valence-electron chi connectivity index (χ2n) is 3.99. The Morgan fingerprint density at radius 2 is 2.37 bits per heavy atom. The average molecular weight is 292 g/mol. The van der Waals surface area contributed by atoms with Gasteiger partial charge in [-0.15, -0.1) is 11.3 Å². The third-order valence-corrected chi connectivity index (χ3v) is 4.82. The number of thiophene rings is 1. The van der Waals surface area contributed by atoms with Crippen molar-refractivity contribution in [2.45, 2.75) is 13.8 Å². The highest BCUT2D eigenvalue weighted by molar-refractivity contribution is 7.19. The van der Waals surface area contributed by atoms with Gasteiger partial charge in [-0.1, -0.05) is 17.4 Å². The molecule has 0 amide bonds. The molecule has 0 aliphatic carbocycles. The zero-order valence-electron chi connectivity index (χ0n) is 10.5. The van der Waals surface area contributed by atoms with E-state index in [4.69, 9.17) is 4.74 Å². The lowest BCUT2D eigenvalue weighted by atomic mass is 10.3. The molecule has 0 fully saturated rings. The molecule has 6 heteroatoms. The van der Waals surface area contributed by atoms with Crippen molar-refractivity contribution < 1.29 is 9.53 Å². The molecule has 19 heavy (non-hydrogen) atoms. The van der Waals surface area contributed by atoms with Gasteiger partial charge in [-0.2, -0.15) is 0 Å². The van der Waals surface area contributed by atoms with Crippen LogP contribution in [-0.2, 0) is 4.74 Å². The van der Waals surface area contributed by atoms with Crippen LogP contribution in [0.15, 0.2) is 23.7 Å². The number of hydrogen-bond acceptors (Lipinski definition) is 5. The van der Waals surface area contributed by atoms with Gasteiger partial charge in [0.1, 0.15) is 10.6 Å². The lowest BCUT2D eigenvalue weighted by Crippen LogP contribution is -2.04. The number of carbonyl (C=O) groups excluding carboxylic acids is 1. The maximum absolute atomic E-state index is 11.8. The van der Waals surface area contributed by atoms with E-state index in [1.807, 2.05) is 35.0 Å². The predicted octanol–water partition coefficient (Wildman–Crippen LogP) is 3.61. The van der Waals surface area contributed by atoms with Gasteiger partial charge in [0.05, 0.1) is 11.5 Å². The van der Waals surface area contributed by atoms with Gasteiger partial charge in [-0.3, -0.25) is 4.40 Å². The van der Waals surface area contributed by atoms with Crippen LogP contribution in [0.1, 0.15) is 22.3 Å². The number of hydrogen-bond donors (Lipinski definition) is 0. The summed E-state index contributed by atoms with van der Waals surface area (Å²) in [6.07, 6.45) is 1.97. The van der Waals surface area contributed by atoms with E-state index in [2.05, 4.69) is 4.98 Å². The summed E-state index contributed by atoms with van der Waals surface area (Å²) >= 11 is 3.03. The minimum absolute atomic E-state index is 0.270. The van der Waals surface area contributed by atoms with Crippen molar-refractivity contribution in [1.29, 1.82) is 0 Å².